The number of rotatable bonds is 4. The van der Waals surface area contributed by atoms with E-state index in [1.807, 2.05) is 6.20 Å². The van der Waals surface area contributed by atoms with Gasteiger partial charge in [0.05, 0.1) is 46.6 Å². The molecule has 13 heteroatoms. The Morgan fingerprint density at radius 3 is 2.66 bits per heavy atom. The van der Waals surface area contributed by atoms with Gasteiger partial charge in [-0.3, -0.25) is 24.5 Å². The Hall–Kier alpha value is -3.88. The number of piperazine rings is 1. The van der Waals surface area contributed by atoms with Crippen molar-refractivity contribution < 1.29 is 19.1 Å². The molecule has 4 aromatic rings. The average Bonchev–Trinajstić information content (AvgIpc) is 3.85. The van der Waals surface area contributed by atoms with Crippen molar-refractivity contribution in [1.29, 1.82) is 0 Å². The fourth-order valence-electron chi connectivity index (χ4n) is 9.25. The molecule has 6 heterocycles. The van der Waals surface area contributed by atoms with Crippen molar-refractivity contribution in [2.75, 3.05) is 51.3 Å². The third-order valence-corrected chi connectivity index (χ3v) is 13.1. The molecule has 9 rings (SSSR count). The van der Waals surface area contributed by atoms with Crippen LogP contribution >= 0.6 is 11.3 Å². The Morgan fingerprint density at radius 1 is 1.09 bits per heavy atom. The molecule has 5 aliphatic rings. The number of fused-ring (bicyclic) bond motifs is 8. The molecule has 2 aliphatic carbocycles. The number of amides is 1. The van der Waals surface area contributed by atoms with Gasteiger partial charge >= 0.3 is 5.97 Å². The van der Waals surface area contributed by atoms with Crippen LogP contribution in [0.25, 0.3) is 33.4 Å². The monoisotopic (exact) mass is 738 g/mol. The van der Waals surface area contributed by atoms with Crippen molar-refractivity contribution in [3.05, 3.63) is 52.1 Å². The molecule has 1 aromatic carbocycles. The molecule has 3 aromatic heterocycles. The summed E-state index contributed by atoms with van der Waals surface area (Å²) in [5, 5.41) is 5.48. The molecular weight excluding hydrogens is 689 g/mol. The van der Waals surface area contributed by atoms with Gasteiger partial charge < -0.3 is 24.7 Å². The van der Waals surface area contributed by atoms with Gasteiger partial charge in [-0.25, -0.2) is 10.4 Å². The normalized spacial score (nSPS) is 26.4. The number of thiazole rings is 1. The van der Waals surface area contributed by atoms with Gasteiger partial charge in [-0.05, 0) is 56.4 Å². The van der Waals surface area contributed by atoms with Crippen LogP contribution in [0.1, 0.15) is 74.7 Å². The standard InChI is InChI=1S/C40H50N8O4S/c1-5-47-31-11-8-23-17-26(31)33-34(37(51-4)35-27(36(33)47)18-25(20-42-35)46-15-13-45(14-16-46)24-9-10-24)40(2,3)22-52-39(50)29-7-6-12-48(44-29)38(49)28(41)19-32-43-30(23)21-53-32/h8,11,17-18,20-21,24,28-29,34,37,44H,5-7,9-10,12-16,19,22,41H2,1-4H3/t28-,29-,34?,37-/m0/s1. The summed E-state index contributed by atoms with van der Waals surface area (Å²) in [7, 11) is 1.77. The lowest BCUT2D eigenvalue weighted by molar-refractivity contribution is -0.156. The van der Waals surface area contributed by atoms with Crippen LogP contribution < -0.4 is 16.1 Å². The van der Waals surface area contributed by atoms with E-state index >= 15 is 0 Å². The molecule has 4 atom stereocenters. The predicted octanol–water partition coefficient (Wildman–Crippen LogP) is 4.86. The number of nitrogens with zero attached hydrogens (tertiary/aromatic N) is 6. The molecule has 1 unspecified atom stereocenters. The number of hydrogen-bond donors (Lipinski definition) is 2. The van der Waals surface area contributed by atoms with E-state index in [0.717, 1.165) is 88.6 Å². The van der Waals surface area contributed by atoms with Crippen molar-refractivity contribution in [1.82, 2.24) is 29.9 Å². The van der Waals surface area contributed by atoms with Crippen LogP contribution in [0.3, 0.4) is 0 Å². The fraction of sp³-hybridized carbons (Fsp3) is 0.550. The number of pyridine rings is 1. The van der Waals surface area contributed by atoms with Crippen molar-refractivity contribution >= 4 is 39.8 Å². The number of esters is 1. The molecule has 3 N–H and O–H groups in total. The zero-order chi connectivity index (χ0) is 36.6. The Morgan fingerprint density at radius 2 is 1.91 bits per heavy atom. The minimum Gasteiger partial charge on any atom is -0.464 e. The quantitative estimate of drug-likeness (QED) is 0.280. The van der Waals surface area contributed by atoms with E-state index in [0.29, 0.717) is 25.8 Å². The molecule has 1 amide bonds. The largest absolute Gasteiger partial charge is 0.464 e. The van der Waals surface area contributed by atoms with Crippen LogP contribution in [0.4, 0.5) is 5.69 Å². The van der Waals surface area contributed by atoms with E-state index in [4.69, 9.17) is 25.2 Å². The predicted molar refractivity (Wildman–Crippen MR) is 206 cm³/mol. The third kappa shape index (κ3) is 6.05. The van der Waals surface area contributed by atoms with Crippen LogP contribution in [-0.4, -0.2) is 101 Å². The number of carbonyl (C=O) groups is 2. The van der Waals surface area contributed by atoms with Gasteiger partial charge in [0.25, 0.3) is 5.91 Å². The number of cyclic esters (lactones) is 1. The Labute approximate surface area is 314 Å². The summed E-state index contributed by atoms with van der Waals surface area (Å²) < 4.78 is 15.1. The molecule has 3 fully saturated rings. The molecule has 12 nitrogen and oxygen atoms in total. The molecule has 280 valence electrons. The van der Waals surface area contributed by atoms with Gasteiger partial charge in [0, 0.05) is 97.6 Å². The first-order valence-electron chi connectivity index (χ1n) is 19.3. The van der Waals surface area contributed by atoms with E-state index in [1.165, 1.54) is 34.8 Å². The zero-order valence-corrected chi connectivity index (χ0v) is 32.0. The number of benzene rings is 1. The number of nitrogens with two attached hydrogens (primary N) is 1. The summed E-state index contributed by atoms with van der Waals surface area (Å²) >= 11 is 1.52. The summed E-state index contributed by atoms with van der Waals surface area (Å²) in [6.07, 6.45) is 5.86. The number of anilines is 1. The van der Waals surface area contributed by atoms with Crippen LogP contribution in [0.2, 0.25) is 0 Å². The van der Waals surface area contributed by atoms with Crippen molar-refractivity contribution in [3.63, 3.8) is 0 Å². The van der Waals surface area contributed by atoms with E-state index in [9.17, 15) is 9.59 Å². The van der Waals surface area contributed by atoms with Crippen molar-refractivity contribution in [2.24, 2.45) is 11.1 Å². The third-order valence-electron chi connectivity index (χ3n) is 12.2. The summed E-state index contributed by atoms with van der Waals surface area (Å²) in [5.74, 6) is -0.822. The molecular formula is C40H50N8O4S. The highest BCUT2D eigenvalue weighted by Gasteiger charge is 2.48. The highest BCUT2D eigenvalue weighted by Crippen LogP contribution is 2.57. The number of ether oxygens (including phenoxy) is 2. The smallest absolute Gasteiger partial charge is 0.324 e. The van der Waals surface area contributed by atoms with Crippen molar-refractivity contribution in [2.45, 2.75) is 89.6 Å². The van der Waals surface area contributed by atoms with Crippen LogP contribution in [0.5, 0.6) is 0 Å². The molecule has 3 aliphatic heterocycles. The average molecular weight is 739 g/mol. The van der Waals surface area contributed by atoms with Gasteiger partial charge in [0.2, 0.25) is 0 Å². The first kappa shape index (κ1) is 34.9. The number of hydrazine groups is 1. The number of aryl methyl sites for hydroxylation is 1. The number of nitrogens with one attached hydrogen (secondary N) is 1. The first-order chi connectivity index (χ1) is 25.6. The van der Waals surface area contributed by atoms with E-state index < -0.39 is 17.5 Å². The summed E-state index contributed by atoms with van der Waals surface area (Å²) in [6, 6.07) is 8.30. The summed E-state index contributed by atoms with van der Waals surface area (Å²) in [6.45, 7) is 12.1. The zero-order valence-electron chi connectivity index (χ0n) is 31.1. The Balaban J connectivity index is 1.20. The molecule has 6 bridgehead atoms. The first-order valence-corrected chi connectivity index (χ1v) is 20.2. The second kappa shape index (κ2) is 13.5. The van der Waals surface area contributed by atoms with Gasteiger partial charge in [-0.1, -0.05) is 19.9 Å². The second-order valence-electron chi connectivity index (χ2n) is 16.1. The maximum Gasteiger partial charge on any atom is 0.324 e. The molecule has 0 radical (unpaired) electrons. The SMILES string of the molecule is CCn1c2c3c4cc(ccc41)-c1csc(n1)C[C@H](N)C(=O)N1CCC[C@H](N1)C(=O)OCC(C)(C)C3[C@H](OC)c1ncc(N3CCN(C4CC4)CC3)cc1-2. The minimum atomic E-state index is -0.783. The lowest BCUT2D eigenvalue weighted by Crippen LogP contribution is -2.59. The molecule has 0 spiro atoms. The highest BCUT2D eigenvalue weighted by atomic mass is 32.1. The van der Waals surface area contributed by atoms with E-state index in [1.54, 1.807) is 7.11 Å². The van der Waals surface area contributed by atoms with Gasteiger partial charge in [0.1, 0.15) is 12.1 Å². The Kier molecular flexibility index (Phi) is 8.85. The van der Waals surface area contributed by atoms with E-state index in [2.05, 4.69) is 70.2 Å². The fourth-order valence-corrected chi connectivity index (χ4v) is 10.1. The minimum absolute atomic E-state index is 0.161. The summed E-state index contributed by atoms with van der Waals surface area (Å²) in [4.78, 5) is 42.5. The highest BCUT2D eigenvalue weighted by molar-refractivity contribution is 7.10. The van der Waals surface area contributed by atoms with Gasteiger partial charge in [0.15, 0.2) is 0 Å². The van der Waals surface area contributed by atoms with Crippen LogP contribution in [0, 0.1) is 5.41 Å². The van der Waals surface area contributed by atoms with Gasteiger partial charge in [-0.15, -0.1) is 11.3 Å². The van der Waals surface area contributed by atoms with Crippen molar-refractivity contribution in [3.8, 4) is 22.5 Å². The number of hydrogen-bond acceptors (Lipinski definition) is 11. The molecule has 2 saturated heterocycles. The van der Waals surface area contributed by atoms with E-state index in [-0.39, 0.29) is 30.5 Å². The van der Waals surface area contributed by atoms with Crippen LogP contribution in [0.15, 0.2) is 35.8 Å². The summed E-state index contributed by atoms with van der Waals surface area (Å²) in [5.41, 5.74) is 17.5. The molecule has 1 saturated carbocycles. The molecule has 53 heavy (non-hydrogen) atoms. The number of aromatic nitrogens is 3. The number of carbonyl (C=O) groups excluding carboxylic acids is 2. The van der Waals surface area contributed by atoms with Gasteiger partial charge in [-0.2, -0.15) is 0 Å². The van der Waals surface area contributed by atoms with Crippen LogP contribution in [-0.2, 0) is 32.0 Å². The Bertz CT molecular complexity index is 2060. The topological polar surface area (TPSA) is 131 Å². The lowest BCUT2D eigenvalue weighted by atomic mass is 9.67. The lowest BCUT2D eigenvalue weighted by Gasteiger charge is -2.43. The second-order valence-corrected chi connectivity index (χ2v) is 17.0. The maximum absolute atomic E-state index is 13.7. The number of methoxy groups -OCH3 is 1. The maximum atomic E-state index is 13.7.